The maximum Gasteiger partial charge on any atom is 0.337 e. The molecule has 1 aliphatic heterocycles. The van der Waals surface area contributed by atoms with E-state index in [1.54, 1.807) is 28.6 Å². The number of carbonyl (C=O) groups excluding carboxylic acids is 1. The van der Waals surface area contributed by atoms with Gasteiger partial charge >= 0.3 is 5.97 Å². The van der Waals surface area contributed by atoms with Crippen LogP contribution in [0.25, 0.3) is 10.8 Å². The molecule has 208 valence electrons. The van der Waals surface area contributed by atoms with Crippen LogP contribution < -0.4 is 0 Å². The summed E-state index contributed by atoms with van der Waals surface area (Å²) in [6.07, 6.45) is -0.249. The maximum atomic E-state index is 13.4. The molecule has 0 aromatic heterocycles. The fraction of sp³-hybridized carbons (Fsp3) is 0.258. The summed E-state index contributed by atoms with van der Waals surface area (Å²) in [6.45, 7) is 2.94. The average Bonchev–Trinajstić information content (AvgIpc) is 2.99. The Labute approximate surface area is 239 Å². The van der Waals surface area contributed by atoms with E-state index < -0.39 is 10.0 Å². The van der Waals surface area contributed by atoms with Crippen molar-refractivity contribution in [2.45, 2.75) is 17.6 Å². The topological polar surface area (TPSA) is 76.2 Å². The van der Waals surface area contributed by atoms with Crippen LogP contribution >= 0.6 is 11.6 Å². The van der Waals surface area contributed by atoms with E-state index in [1.807, 2.05) is 66.7 Å². The van der Waals surface area contributed by atoms with Crippen molar-refractivity contribution in [2.75, 3.05) is 39.8 Å². The summed E-state index contributed by atoms with van der Waals surface area (Å²) >= 11 is 6.12. The van der Waals surface area contributed by atoms with Crippen LogP contribution in [0.1, 0.15) is 27.6 Å². The number of piperazine rings is 1. The first-order valence-corrected chi connectivity index (χ1v) is 14.9. The van der Waals surface area contributed by atoms with Crippen molar-refractivity contribution in [1.82, 2.24) is 9.21 Å². The molecule has 0 saturated carbocycles. The van der Waals surface area contributed by atoms with Gasteiger partial charge in [-0.15, -0.1) is 0 Å². The van der Waals surface area contributed by atoms with E-state index in [0.717, 1.165) is 21.9 Å². The standard InChI is InChI=1S/C31H31ClN2O5S/c1-38-31(35)26-8-6-23(7-9-26)22-39-30(25-10-13-28(32)14-11-25)21-33-16-18-34(19-17-33)40(36,37)29-15-12-24-4-2-3-5-27(24)20-29/h2-15,20,30H,16-19,21-22H2,1H3. The van der Waals surface area contributed by atoms with Crippen LogP contribution in [-0.4, -0.2) is 63.4 Å². The highest BCUT2D eigenvalue weighted by Crippen LogP contribution is 2.26. The van der Waals surface area contributed by atoms with Gasteiger partial charge in [0.15, 0.2) is 0 Å². The monoisotopic (exact) mass is 578 g/mol. The summed E-state index contributed by atoms with van der Waals surface area (Å²) in [5.41, 5.74) is 2.40. The van der Waals surface area contributed by atoms with Gasteiger partial charge in [-0.05, 0) is 58.3 Å². The normalized spacial score (nSPS) is 15.7. The Morgan fingerprint density at radius 3 is 2.23 bits per heavy atom. The second-order valence-corrected chi connectivity index (χ2v) is 12.1. The highest BCUT2D eigenvalue weighted by molar-refractivity contribution is 7.89. The summed E-state index contributed by atoms with van der Waals surface area (Å²) in [4.78, 5) is 14.3. The maximum absolute atomic E-state index is 13.4. The second kappa shape index (κ2) is 12.5. The molecule has 0 spiro atoms. The molecule has 9 heteroatoms. The van der Waals surface area contributed by atoms with E-state index in [2.05, 4.69) is 4.90 Å². The van der Waals surface area contributed by atoms with Crippen LogP contribution in [0.4, 0.5) is 0 Å². The van der Waals surface area contributed by atoms with Gasteiger partial charge in [-0.25, -0.2) is 13.2 Å². The number of nitrogens with zero attached hydrogens (tertiary/aromatic N) is 2. The summed E-state index contributed by atoms with van der Waals surface area (Å²) in [6, 6.07) is 27.8. The minimum atomic E-state index is -3.59. The third-order valence-electron chi connectivity index (χ3n) is 7.18. The number of hydrogen-bond donors (Lipinski definition) is 0. The summed E-state index contributed by atoms with van der Waals surface area (Å²) in [7, 11) is -2.24. The Morgan fingerprint density at radius 2 is 1.55 bits per heavy atom. The number of hydrogen-bond acceptors (Lipinski definition) is 6. The van der Waals surface area contributed by atoms with Crippen molar-refractivity contribution in [3.63, 3.8) is 0 Å². The fourth-order valence-corrected chi connectivity index (χ4v) is 6.43. The van der Waals surface area contributed by atoms with Crippen LogP contribution in [0.2, 0.25) is 5.02 Å². The van der Waals surface area contributed by atoms with E-state index in [4.69, 9.17) is 21.1 Å². The zero-order chi connectivity index (χ0) is 28.1. The Morgan fingerprint density at radius 1 is 0.875 bits per heavy atom. The predicted molar refractivity (Wildman–Crippen MR) is 156 cm³/mol. The van der Waals surface area contributed by atoms with Crippen molar-refractivity contribution in [3.8, 4) is 0 Å². The van der Waals surface area contributed by atoms with Crippen LogP contribution in [0.5, 0.6) is 0 Å². The van der Waals surface area contributed by atoms with Crippen LogP contribution in [0.15, 0.2) is 95.9 Å². The molecule has 0 N–H and O–H groups in total. The third kappa shape index (κ3) is 6.54. The predicted octanol–water partition coefficient (Wildman–Crippen LogP) is 5.54. The van der Waals surface area contributed by atoms with Gasteiger partial charge in [0, 0.05) is 37.7 Å². The Hall–Kier alpha value is -3.27. The highest BCUT2D eigenvalue weighted by Gasteiger charge is 2.30. The fourth-order valence-electron chi connectivity index (χ4n) is 4.85. The van der Waals surface area contributed by atoms with Crippen molar-refractivity contribution in [2.24, 2.45) is 0 Å². The molecule has 0 aliphatic carbocycles. The molecular weight excluding hydrogens is 548 g/mol. The number of halogens is 1. The summed E-state index contributed by atoms with van der Waals surface area (Å²) in [5.74, 6) is -0.381. The molecule has 4 aromatic carbocycles. The van der Waals surface area contributed by atoms with E-state index in [1.165, 1.54) is 7.11 Å². The van der Waals surface area contributed by atoms with Gasteiger partial charge in [0.05, 0.1) is 30.3 Å². The van der Waals surface area contributed by atoms with Gasteiger partial charge in [0.2, 0.25) is 10.0 Å². The smallest absolute Gasteiger partial charge is 0.337 e. The van der Waals surface area contributed by atoms with Crippen LogP contribution in [0, 0.1) is 0 Å². The quantitative estimate of drug-likeness (QED) is 0.243. The summed E-state index contributed by atoms with van der Waals surface area (Å²) < 4.78 is 39.5. The number of ether oxygens (including phenoxy) is 2. The Bertz CT molecular complexity index is 1570. The molecule has 4 aromatic rings. The van der Waals surface area contributed by atoms with Gasteiger partial charge < -0.3 is 9.47 Å². The Kier molecular flexibility index (Phi) is 8.83. The van der Waals surface area contributed by atoms with Gasteiger partial charge in [0.1, 0.15) is 0 Å². The van der Waals surface area contributed by atoms with Crippen LogP contribution in [0.3, 0.4) is 0 Å². The number of benzene rings is 4. The molecule has 0 amide bonds. The van der Waals surface area contributed by atoms with Crippen molar-refractivity contribution >= 4 is 38.4 Å². The third-order valence-corrected chi connectivity index (χ3v) is 9.33. The second-order valence-electron chi connectivity index (χ2n) is 9.75. The molecule has 0 bridgehead atoms. The first-order chi connectivity index (χ1) is 19.3. The molecule has 1 fully saturated rings. The molecule has 0 radical (unpaired) electrons. The lowest BCUT2D eigenvalue weighted by Crippen LogP contribution is -2.49. The molecular formula is C31H31ClN2O5S. The number of fused-ring (bicyclic) bond motifs is 1. The van der Waals surface area contributed by atoms with E-state index in [-0.39, 0.29) is 12.1 Å². The van der Waals surface area contributed by atoms with Crippen molar-refractivity contribution in [3.05, 3.63) is 113 Å². The van der Waals surface area contributed by atoms with Gasteiger partial charge in [-0.2, -0.15) is 4.31 Å². The lowest BCUT2D eigenvalue weighted by atomic mass is 10.1. The van der Waals surface area contributed by atoms with Gasteiger partial charge in [-0.3, -0.25) is 4.90 Å². The van der Waals surface area contributed by atoms with E-state index >= 15 is 0 Å². The molecule has 40 heavy (non-hydrogen) atoms. The SMILES string of the molecule is COC(=O)c1ccc(COC(CN2CCN(S(=O)(=O)c3ccc4ccccc4c3)CC2)c2ccc(Cl)cc2)cc1. The van der Waals surface area contributed by atoms with E-state index in [9.17, 15) is 13.2 Å². The van der Waals surface area contributed by atoms with Gasteiger partial charge in [-0.1, -0.05) is 66.2 Å². The van der Waals surface area contributed by atoms with Gasteiger partial charge in [0.25, 0.3) is 0 Å². The molecule has 1 atom stereocenters. The lowest BCUT2D eigenvalue weighted by molar-refractivity contribution is 0.00771. The minimum Gasteiger partial charge on any atom is -0.465 e. The minimum absolute atomic E-state index is 0.249. The molecule has 1 heterocycles. The number of methoxy groups -OCH3 is 1. The average molecular weight is 579 g/mol. The van der Waals surface area contributed by atoms with Crippen LogP contribution in [-0.2, 0) is 26.1 Å². The lowest BCUT2D eigenvalue weighted by Gasteiger charge is -2.36. The largest absolute Gasteiger partial charge is 0.465 e. The van der Waals surface area contributed by atoms with E-state index in [0.29, 0.717) is 54.8 Å². The highest BCUT2D eigenvalue weighted by atomic mass is 35.5. The molecule has 7 nitrogen and oxygen atoms in total. The summed E-state index contributed by atoms with van der Waals surface area (Å²) in [5, 5.41) is 2.57. The first-order valence-electron chi connectivity index (χ1n) is 13.1. The number of rotatable bonds is 9. The molecule has 1 aliphatic rings. The number of esters is 1. The van der Waals surface area contributed by atoms with Crippen molar-refractivity contribution < 1.29 is 22.7 Å². The van der Waals surface area contributed by atoms with Crippen molar-refractivity contribution in [1.29, 1.82) is 0 Å². The Balaban J connectivity index is 1.24. The molecule has 1 unspecified atom stereocenters. The first kappa shape index (κ1) is 28.3. The zero-order valence-corrected chi connectivity index (χ0v) is 23.8. The number of sulfonamides is 1. The molecule has 1 saturated heterocycles. The molecule has 5 rings (SSSR count). The zero-order valence-electron chi connectivity index (χ0n) is 22.2. The number of carbonyl (C=O) groups is 1.